The fourth-order valence-electron chi connectivity index (χ4n) is 3.29. The van der Waals surface area contributed by atoms with Crippen molar-refractivity contribution in [2.45, 2.75) is 31.4 Å². The molecule has 136 valence electrons. The van der Waals surface area contributed by atoms with Gasteiger partial charge in [0.05, 0.1) is 24.0 Å². The summed E-state index contributed by atoms with van der Waals surface area (Å²) in [4.78, 5) is 25.4. The van der Waals surface area contributed by atoms with Crippen LogP contribution in [0.5, 0.6) is 11.5 Å². The van der Waals surface area contributed by atoms with Crippen LogP contribution in [0.3, 0.4) is 0 Å². The van der Waals surface area contributed by atoms with Crippen molar-refractivity contribution in [1.82, 2.24) is 4.90 Å². The second kappa shape index (κ2) is 7.49. The number of ether oxygens (including phenoxy) is 3. The van der Waals surface area contributed by atoms with Gasteiger partial charge in [0, 0.05) is 19.7 Å². The van der Waals surface area contributed by atoms with Gasteiger partial charge in [0.15, 0.2) is 11.5 Å². The number of halogens is 1. The van der Waals surface area contributed by atoms with E-state index in [-0.39, 0.29) is 30.9 Å². The average molecular weight is 370 g/mol. The molecule has 0 aromatic heterocycles. The topological polar surface area (TPSA) is 85.3 Å². The number of carbonyl (C=O) groups excluding carboxylic acids is 1. The summed E-state index contributed by atoms with van der Waals surface area (Å²) in [6, 6.07) is 3.07. The van der Waals surface area contributed by atoms with Crippen LogP contribution in [0, 0.1) is 0 Å². The minimum atomic E-state index is -0.929. The normalized spacial score (nSPS) is 22.1. The van der Waals surface area contributed by atoms with E-state index in [2.05, 4.69) is 0 Å². The first-order valence-electron chi connectivity index (χ1n) is 8.10. The number of aliphatic carboxylic acids is 1. The molecule has 1 amide bonds. The molecule has 2 aliphatic rings. The average Bonchev–Trinajstić information content (AvgIpc) is 2.97. The number of nitrogens with zero attached hydrogens (tertiary/aromatic N) is 1. The molecule has 8 heteroatoms. The third-order valence-electron chi connectivity index (χ3n) is 4.45. The first-order chi connectivity index (χ1) is 12.0. The number of carbonyl (C=O) groups is 2. The van der Waals surface area contributed by atoms with Crippen molar-refractivity contribution in [2.24, 2.45) is 0 Å². The SMILES string of the molecule is COC1CC(CC(=O)O)N(C(=O)Cc2cc(Cl)c3c(c2)OCCO3)C1. The maximum absolute atomic E-state index is 12.7. The number of benzene rings is 1. The number of hydrogen-bond acceptors (Lipinski definition) is 5. The monoisotopic (exact) mass is 369 g/mol. The molecule has 1 aromatic rings. The van der Waals surface area contributed by atoms with Crippen LogP contribution in [0.15, 0.2) is 12.1 Å². The van der Waals surface area contributed by atoms with Gasteiger partial charge in [-0.15, -0.1) is 0 Å². The van der Waals surface area contributed by atoms with Crippen LogP contribution in [-0.2, 0) is 20.7 Å². The Kier molecular flexibility index (Phi) is 5.34. The Balaban J connectivity index is 1.74. The Labute approximate surface area is 150 Å². The Morgan fingerprint density at radius 1 is 1.36 bits per heavy atom. The van der Waals surface area contributed by atoms with Crippen LogP contribution in [0.25, 0.3) is 0 Å². The van der Waals surface area contributed by atoms with Crippen molar-refractivity contribution in [3.8, 4) is 11.5 Å². The largest absolute Gasteiger partial charge is 0.486 e. The predicted octanol–water partition coefficient (Wildman–Crippen LogP) is 1.74. The van der Waals surface area contributed by atoms with Gasteiger partial charge >= 0.3 is 5.97 Å². The number of carboxylic acids is 1. The lowest BCUT2D eigenvalue weighted by molar-refractivity contribution is -0.139. The summed E-state index contributed by atoms with van der Waals surface area (Å²) < 4.78 is 16.3. The number of rotatable bonds is 5. The molecule has 1 fully saturated rings. The molecular formula is C17H20ClNO6. The lowest BCUT2D eigenvalue weighted by Crippen LogP contribution is -2.38. The highest BCUT2D eigenvalue weighted by molar-refractivity contribution is 6.32. The molecule has 0 bridgehead atoms. The molecule has 0 radical (unpaired) electrons. The van der Waals surface area contributed by atoms with Crippen LogP contribution < -0.4 is 9.47 Å². The number of fused-ring (bicyclic) bond motifs is 1. The summed E-state index contributed by atoms with van der Waals surface area (Å²) in [6.07, 6.45) is 0.407. The third kappa shape index (κ3) is 3.99. The van der Waals surface area contributed by atoms with Gasteiger partial charge in [0.2, 0.25) is 5.91 Å². The van der Waals surface area contributed by atoms with Crippen molar-refractivity contribution < 1.29 is 28.9 Å². The van der Waals surface area contributed by atoms with Gasteiger partial charge in [-0.2, -0.15) is 0 Å². The van der Waals surface area contributed by atoms with E-state index in [1.54, 1.807) is 24.1 Å². The van der Waals surface area contributed by atoms with E-state index in [1.165, 1.54) is 0 Å². The fraction of sp³-hybridized carbons (Fsp3) is 0.529. The van der Waals surface area contributed by atoms with E-state index >= 15 is 0 Å². The van der Waals surface area contributed by atoms with Gasteiger partial charge < -0.3 is 24.2 Å². The van der Waals surface area contributed by atoms with E-state index in [0.717, 1.165) is 0 Å². The minimum absolute atomic E-state index is 0.0898. The molecule has 2 atom stereocenters. The second-order valence-corrected chi connectivity index (χ2v) is 6.58. The Hall–Kier alpha value is -1.99. The third-order valence-corrected chi connectivity index (χ3v) is 4.73. The van der Waals surface area contributed by atoms with E-state index in [4.69, 9.17) is 30.9 Å². The smallest absolute Gasteiger partial charge is 0.305 e. The summed E-state index contributed by atoms with van der Waals surface area (Å²) in [7, 11) is 1.57. The highest BCUT2D eigenvalue weighted by Gasteiger charge is 2.36. The lowest BCUT2D eigenvalue weighted by atomic mass is 10.1. The lowest BCUT2D eigenvalue weighted by Gasteiger charge is -2.24. The van der Waals surface area contributed by atoms with Gasteiger partial charge in [-0.1, -0.05) is 11.6 Å². The fourth-order valence-corrected chi connectivity index (χ4v) is 3.58. The molecule has 0 aliphatic carbocycles. The summed E-state index contributed by atoms with van der Waals surface area (Å²) in [5.74, 6) is -0.0613. The van der Waals surface area contributed by atoms with Crippen LogP contribution >= 0.6 is 11.6 Å². The summed E-state index contributed by atoms with van der Waals surface area (Å²) in [5, 5.41) is 9.47. The number of methoxy groups -OCH3 is 1. The summed E-state index contributed by atoms with van der Waals surface area (Å²) in [6.45, 7) is 1.27. The molecule has 0 spiro atoms. The predicted molar refractivity (Wildman–Crippen MR) is 89.3 cm³/mol. The van der Waals surface area contributed by atoms with Gasteiger partial charge in [-0.25, -0.2) is 0 Å². The molecule has 1 saturated heterocycles. The molecule has 2 unspecified atom stereocenters. The number of likely N-dealkylation sites (tertiary alicyclic amines) is 1. The molecule has 25 heavy (non-hydrogen) atoms. The molecular weight excluding hydrogens is 350 g/mol. The van der Waals surface area contributed by atoms with E-state index in [9.17, 15) is 9.59 Å². The number of hydrogen-bond donors (Lipinski definition) is 1. The van der Waals surface area contributed by atoms with Crippen LogP contribution in [0.1, 0.15) is 18.4 Å². The van der Waals surface area contributed by atoms with E-state index in [1.807, 2.05) is 0 Å². The van der Waals surface area contributed by atoms with Gasteiger partial charge in [-0.3, -0.25) is 9.59 Å². The Morgan fingerprint density at radius 2 is 2.12 bits per heavy atom. The van der Waals surface area contributed by atoms with E-state index < -0.39 is 5.97 Å². The van der Waals surface area contributed by atoms with Crippen molar-refractivity contribution in [3.05, 3.63) is 22.7 Å². The minimum Gasteiger partial charge on any atom is -0.486 e. The second-order valence-electron chi connectivity index (χ2n) is 6.17. The maximum atomic E-state index is 12.7. The van der Waals surface area contributed by atoms with Gasteiger partial charge in [0.25, 0.3) is 0 Å². The molecule has 1 aromatic carbocycles. The molecule has 2 aliphatic heterocycles. The first-order valence-corrected chi connectivity index (χ1v) is 8.47. The van der Waals surface area contributed by atoms with Crippen molar-refractivity contribution in [1.29, 1.82) is 0 Å². The highest BCUT2D eigenvalue weighted by atomic mass is 35.5. The molecule has 3 rings (SSSR count). The zero-order valence-corrected chi connectivity index (χ0v) is 14.6. The zero-order valence-electron chi connectivity index (χ0n) is 13.9. The van der Waals surface area contributed by atoms with Crippen molar-refractivity contribution in [3.63, 3.8) is 0 Å². The Bertz CT molecular complexity index is 679. The number of amides is 1. The first kappa shape index (κ1) is 17.8. The molecule has 2 heterocycles. The van der Waals surface area contributed by atoms with Crippen molar-refractivity contribution >= 4 is 23.5 Å². The number of carboxylic acid groups (broad SMARTS) is 1. The quantitative estimate of drug-likeness (QED) is 0.851. The molecule has 7 nitrogen and oxygen atoms in total. The van der Waals surface area contributed by atoms with Crippen LogP contribution in [0.4, 0.5) is 0 Å². The van der Waals surface area contributed by atoms with Crippen molar-refractivity contribution in [2.75, 3.05) is 26.9 Å². The maximum Gasteiger partial charge on any atom is 0.305 e. The van der Waals surface area contributed by atoms with Crippen LogP contribution in [-0.4, -0.2) is 60.9 Å². The molecule has 0 saturated carbocycles. The Morgan fingerprint density at radius 3 is 2.84 bits per heavy atom. The molecule has 1 N–H and O–H groups in total. The van der Waals surface area contributed by atoms with Gasteiger partial charge in [-0.05, 0) is 24.1 Å². The highest BCUT2D eigenvalue weighted by Crippen LogP contribution is 2.38. The standard InChI is InChI=1S/C17H20ClNO6/c1-23-12-7-11(8-16(21)22)19(9-12)15(20)6-10-4-13(18)17-14(5-10)24-2-3-25-17/h4-5,11-12H,2-3,6-9H2,1H3,(H,21,22). The van der Waals surface area contributed by atoms with Crippen LogP contribution in [0.2, 0.25) is 5.02 Å². The van der Waals surface area contributed by atoms with E-state index in [0.29, 0.717) is 48.3 Å². The summed E-state index contributed by atoms with van der Waals surface area (Å²) in [5.41, 5.74) is 0.703. The zero-order chi connectivity index (χ0) is 18.0. The van der Waals surface area contributed by atoms with Gasteiger partial charge in [0.1, 0.15) is 13.2 Å². The summed E-state index contributed by atoms with van der Waals surface area (Å²) >= 11 is 6.21.